The van der Waals surface area contributed by atoms with Crippen molar-refractivity contribution in [3.63, 3.8) is 0 Å². The second-order valence-electron chi connectivity index (χ2n) is 6.75. The lowest BCUT2D eigenvalue weighted by Gasteiger charge is -2.26. The van der Waals surface area contributed by atoms with Gasteiger partial charge in [0.05, 0.1) is 25.4 Å². The minimum absolute atomic E-state index is 0.0164. The second kappa shape index (κ2) is 11.0. The van der Waals surface area contributed by atoms with Crippen molar-refractivity contribution >= 4 is 5.91 Å². The summed E-state index contributed by atoms with van der Waals surface area (Å²) in [6.45, 7) is 5.46. The molecule has 0 aromatic carbocycles. The molecule has 21 heavy (non-hydrogen) atoms. The van der Waals surface area contributed by atoms with E-state index in [4.69, 9.17) is 4.74 Å². The first kappa shape index (κ1) is 18.4. The summed E-state index contributed by atoms with van der Waals surface area (Å²) < 4.78 is 5.23. The van der Waals surface area contributed by atoms with Crippen molar-refractivity contribution in [2.45, 2.75) is 83.8 Å². The van der Waals surface area contributed by atoms with Gasteiger partial charge < -0.3 is 15.2 Å². The Bertz CT molecular complexity index is 281. The molecule has 0 aliphatic carbocycles. The Hall–Kier alpha value is -0.610. The smallest absolute Gasteiger partial charge is 0.220 e. The second-order valence-corrected chi connectivity index (χ2v) is 6.75. The molecule has 1 fully saturated rings. The Morgan fingerprint density at radius 1 is 1.14 bits per heavy atom. The van der Waals surface area contributed by atoms with E-state index in [-0.39, 0.29) is 11.9 Å². The van der Waals surface area contributed by atoms with E-state index in [9.17, 15) is 9.90 Å². The van der Waals surface area contributed by atoms with Crippen LogP contribution in [0.3, 0.4) is 0 Å². The number of aliphatic hydroxyl groups is 1. The van der Waals surface area contributed by atoms with Crippen molar-refractivity contribution < 1.29 is 14.6 Å². The molecule has 1 rings (SSSR count). The SMILES string of the molecule is CC(C)CCCCCCCCC(=O)NC1COCC(O)C1. The van der Waals surface area contributed by atoms with Crippen LogP contribution >= 0.6 is 0 Å². The molecule has 0 spiro atoms. The van der Waals surface area contributed by atoms with Crippen LogP contribution in [0.15, 0.2) is 0 Å². The molecule has 2 unspecified atom stereocenters. The first-order valence-electron chi connectivity index (χ1n) is 8.63. The van der Waals surface area contributed by atoms with E-state index in [1.165, 1.54) is 32.1 Å². The van der Waals surface area contributed by atoms with Gasteiger partial charge >= 0.3 is 0 Å². The highest BCUT2D eigenvalue weighted by molar-refractivity contribution is 5.76. The molecule has 0 aromatic rings. The Kier molecular flexibility index (Phi) is 9.68. The third-order valence-electron chi connectivity index (χ3n) is 3.99. The van der Waals surface area contributed by atoms with Gasteiger partial charge in [-0.15, -0.1) is 0 Å². The fourth-order valence-electron chi connectivity index (χ4n) is 2.76. The van der Waals surface area contributed by atoms with Gasteiger partial charge in [-0.3, -0.25) is 4.79 Å². The van der Waals surface area contributed by atoms with E-state index in [2.05, 4.69) is 19.2 Å². The van der Waals surface area contributed by atoms with Crippen LogP contribution in [-0.4, -0.2) is 36.4 Å². The molecule has 0 bridgehead atoms. The first-order valence-corrected chi connectivity index (χ1v) is 8.63. The molecule has 1 saturated heterocycles. The van der Waals surface area contributed by atoms with Gasteiger partial charge in [0, 0.05) is 6.42 Å². The molecular weight excluding hydrogens is 266 g/mol. The summed E-state index contributed by atoms with van der Waals surface area (Å²) in [5, 5.41) is 12.4. The molecule has 1 amide bonds. The van der Waals surface area contributed by atoms with Crippen LogP contribution in [0.25, 0.3) is 0 Å². The molecular formula is C17H33NO3. The Morgan fingerprint density at radius 2 is 1.81 bits per heavy atom. The lowest BCUT2D eigenvalue weighted by atomic mass is 10.0. The zero-order valence-electron chi connectivity index (χ0n) is 13.8. The van der Waals surface area contributed by atoms with Gasteiger partial charge in [0.25, 0.3) is 0 Å². The molecule has 0 radical (unpaired) electrons. The van der Waals surface area contributed by atoms with Crippen LogP contribution in [0.4, 0.5) is 0 Å². The first-order chi connectivity index (χ1) is 10.1. The summed E-state index contributed by atoms with van der Waals surface area (Å²) in [5.41, 5.74) is 0. The van der Waals surface area contributed by atoms with E-state index in [1.54, 1.807) is 0 Å². The average molecular weight is 299 g/mol. The van der Waals surface area contributed by atoms with Crippen LogP contribution in [0.1, 0.15) is 71.6 Å². The van der Waals surface area contributed by atoms with E-state index in [0.717, 1.165) is 18.8 Å². The number of rotatable bonds is 10. The predicted octanol–water partition coefficient (Wildman–Crippen LogP) is 3.03. The van der Waals surface area contributed by atoms with Crippen LogP contribution in [0.2, 0.25) is 0 Å². The summed E-state index contributed by atoms with van der Waals surface area (Å²) >= 11 is 0. The fraction of sp³-hybridized carbons (Fsp3) is 0.941. The summed E-state index contributed by atoms with van der Waals surface area (Å²) in [7, 11) is 0. The molecule has 4 nitrogen and oxygen atoms in total. The highest BCUT2D eigenvalue weighted by Crippen LogP contribution is 2.12. The highest BCUT2D eigenvalue weighted by Gasteiger charge is 2.21. The summed E-state index contributed by atoms with van der Waals surface area (Å²) in [5.74, 6) is 0.911. The number of aliphatic hydroxyl groups excluding tert-OH is 1. The van der Waals surface area contributed by atoms with Gasteiger partial charge in [-0.25, -0.2) is 0 Å². The minimum atomic E-state index is -0.435. The normalized spacial score (nSPS) is 22.5. The molecule has 1 heterocycles. The van der Waals surface area contributed by atoms with Crippen LogP contribution in [-0.2, 0) is 9.53 Å². The lowest BCUT2D eigenvalue weighted by Crippen LogP contribution is -2.45. The van der Waals surface area contributed by atoms with E-state index >= 15 is 0 Å². The van der Waals surface area contributed by atoms with Gasteiger partial charge in [0.15, 0.2) is 0 Å². The molecule has 0 saturated carbocycles. The molecule has 1 aliphatic rings. The van der Waals surface area contributed by atoms with Crippen molar-refractivity contribution in [3.05, 3.63) is 0 Å². The fourth-order valence-corrected chi connectivity index (χ4v) is 2.76. The van der Waals surface area contributed by atoms with Gasteiger partial charge in [-0.1, -0.05) is 52.4 Å². The van der Waals surface area contributed by atoms with Crippen molar-refractivity contribution in [2.75, 3.05) is 13.2 Å². The maximum absolute atomic E-state index is 11.8. The number of unbranched alkanes of at least 4 members (excludes halogenated alkanes) is 5. The van der Waals surface area contributed by atoms with Crippen LogP contribution in [0.5, 0.6) is 0 Å². The number of amides is 1. The number of nitrogens with one attached hydrogen (secondary N) is 1. The topological polar surface area (TPSA) is 58.6 Å². The van der Waals surface area contributed by atoms with Gasteiger partial charge in [-0.05, 0) is 18.8 Å². The Balaban J connectivity index is 1.91. The summed E-state index contributed by atoms with van der Waals surface area (Å²) in [4.78, 5) is 11.8. The molecule has 2 atom stereocenters. The number of ether oxygens (including phenoxy) is 1. The Labute approximate surface area is 129 Å². The maximum atomic E-state index is 11.8. The van der Waals surface area contributed by atoms with E-state index < -0.39 is 6.10 Å². The number of carbonyl (C=O) groups is 1. The van der Waals surface area contributed by atoms with Crippen molar-refractivity contribution in [1.82, 2.24) is 5.32 Å². The van der Waals surface area contributed by atoms with Gasteiger partial charge in [-0.2, -0.15) is 0 Å². The molecule has 4 heteroatoms. The van der Waals surface area contributed by atoms with Crippen molar-refractivity contribution in [3.8, 4) is 0 Å². The van der Waals surface area contributed by atoms with Crippen molar-refractivity contribution in [2.24, 2.45) is 5.92 Å². The van der Waals surface area contributed by atoms with E-state index in [0.29, 0.717) is 26.1 Å². The molecule has 124 valence electrons. The average Bonchev–Trinajstić information content (AvgIpc) is 2.41. The number of hydrogen-bond donors (Lipinski definition) is 2. The van der Waals surface area contributed by atoms with Crippen LogP contribution < -0.4 is 5.32 Å². The lowest BCUT2D eigenvalue weighted by molar-refractivity contribution is -0.123. The standard InChI is InChI=1S/C17H33NO3/c1-14(2)9-7-5-3-4-6-8-10-17(20)18-15-11-16(19)13-21-12-15/h14-16,19H,3-13H2,1-2H3,(H,18,20). The predicted molar refractivity (Wildman–Crippen MR) is 85.1 cm³/mol. The summed E-state index contributed by atoms with van der Waals surface area (Å²) in [6.07, 6.45) is 9.38. The third-order valence-corrected chi connectivity index (χ3v) is 3.99. The van der Waals surface area contributed by atoms with Crippen molar-refractivity contribution in [1.29, 1.82) is 0 Å². The molecule has 2 N–H and O–H groups in total. The number of carbonyl (C=O) groups excluding carboxylic acids is 1. The quantitative estimate of drug-likeness (QED) is 0.610. The van der Waals surface area contributed by atoms with E-state index in [1.807, 2.05) is 0 Å². The van der Waals surface area contributed by atoms with Crippen LogP contribution in [0, 0.1) is 5.92 Å². The molecule has 1 aliphatic heterocycles. The highest BCUT2D eigenvalue weighted by atomic mass is 16.5. The number of hydrogen-bond acceptors (Lipinski definition) is 3. The zero-order chi connectivity index (χ0) is 15.5. The minimum Gasteiger partial charge on any atom is -0.391 e. The monoisotopic (exact) mass is 299 g/mol. The van der Waals surface area contributed by atoms with Gasteiger partial charge in [0.1, 0.15) is 0 Å². The molecule has 0 aromatic heterocycles. The zero-order valence-corrected chi connectivity index (χ0v) is 13.8. The Morgan fingerprint density at radius 3 is 2.48 bits per heavy atom. The summed E-state index contributed by atoms with van der Waals surface area (Å²) in [6, 6.07) is -0.0164. The largest absolute Gasteiger partial charge is 0.391 e. The third kappa shape index (κ3) is 9.86. The van der Waals surface area contributed by atoms with Gasteiger partial charge in [0.2, 0.25) is 5.91 Å². The maximum Gasteiger partial charge on any atom is 0.220 e.